The molecular formula is C23H46NO6P. The van der Waals surface area contributed by atoms with Gasteiger partial charge < -0.3 is 23.2 Å². The first-order valence-electron chi connectivity index (χ1n) is 12.0. The quantitative estimate of drug-likeness (QED) is 0.0783. The Labute approximate surface area is 190 Å². The van der Waals surface area contributed by atoms with E-state index in [9.17, 15) is 14.3 Å². The van der Waals surface area contributed by atoms with Crippen LogP contribution >= 0.6 is 7.82 Å². The first kappa shape index (κ1) is 30.3. The average Bonchev–Trinajstić information content (AvgIpc) is 2.73. The first-order valence-corrected chi connectivity index (χ1v) is 13.5. The number of ether oxygens (including phenoxy) is 1. The van der Waals surface area contributed by atoms with E-state index in [2.05, 4.69) is 27.4 Å². The average molecular weight is 464 g/mol. The second-order valence-corrected chi connectivity index (χ2v) is 9.80. The topological polar surface area (TPSA) is 84.9 Å². The van der Waals surface area contributed by atoms with Gasteiger partial charge in [-0.2, -0.15) is 0 Å². The predicted molar refractivity (Wildman–Crippen MR) is 124 cm³/mol. The molecule has 0 heterocycles. The molecule has 8 heteroatoms. The third-order valence-corrected chi connectivity index (χ3v) is 6.35. The highest BCUT2D eigenvalue weighted by Crippen LogP contribution is 2.38. The zero-order valence-electron chi connectivity index (χ0n) is 20.4. The van der Waals surface area contributed by atoms with E-state index in [4.69, 9.17) is 13.8 Å². The largest absolute Gasteiger partial charge is 0.756 e. The van der Waals surface area contributed by atoms with Gasteiger partial charge in [0.1, 0.15) is 0 Å². The molecule has 184 valence electrons. The third kappa shape index (κ3) is 15.7. The van der Waals surface area contributed by atoms with Crippen molar-refractivity contribution in [3.05, 3.63) is 12.2 Å². The molecule has 0 aliphatic rings. The first-order chi connectivity index (χ1) is 14.7. The summed E-state index contributed by atoms with van der Waals surface area (Å²) in [6.45, 7) is 16.6. The van der Waals surface area contributed by atoms with Gasteiger partial charge in [-0.05, 0) is 39.0 Å². The van der Waals surface area contributed by atoms with Crippen LogP contribution < -0.4 is 4.89 Å². The van der Waals surface area contributed by atoms with Crippen LogP contribution in [0.15, 0.2) is 12.2 Å². The fourth-order valence-corrected chi connectivity index (χ4v) is 4.22. The highest BCUT2D eigenvalue weighted by atomic mass is 31.2. The predicted octanol–water partition coefficient (Wildman–Crippen LogP) is 4.99. The van der Waals surface area contributed by atoms with Crippen LogP contribution in [0.2, 0.25) is 0 Å². The number of esters is 1. The molecule has 7 nitrogen and oxygen atoms in total. The standard InChI is InChI=1S/C23H46NO6P/c1-6-9-15-24(16-10-7-2,17-11-8-3)18-12-13-20-29-31(26,27)30-21-14-19-28-23(25)22(4)5/h4,6-21H2,1-3,5H3. The highest BCUT2D eigenvalue weighted by molar-refractivity contribution is 7.45. The molecule has 0 saturated heterocycles. The molecule has 0 aromatic rings. The minimum atomic E-state index is -4.32. The summed E-state index contributed by atoms with van der Waals surface area (Å²) in [4.78, 5) is 23.1. The van der Waals surface area contributed by atoms with Crippen LogP contribution in [0, 0.1) is 0 Å². The molecule has 0 saturated carbocycles. The molecule has 0 aromatic carbocycles. The van der Waals surface area contributed by atoms with Gasteiger partial charge in [0.2, 0.25) is 0 Å². The number of unbranched alkanes of at least 4 members (excludes halogenated alkanes) is 4. The van der Waals surface area contributed by atoms with Crippen LogP contribution in [0.1, 0.15) is 85.5 Å². The molecule has 0 radical (unpaired) electrons. The lowest BCUT2D eigenvalue weighted by Crippen LogP contribution is -2.50. The summed E-state index contributed by atoms with van der Waals surface area (Å²) in [6, 6.07) is 0. The molecule has 1 atom stereocenters. The third-order valence-electron chi connectivity index (χ3n) is 5.35. The van der Waals surface area contributed by atoms with Gasteiger partial charge in [0.15, 0.2) is 0 Å². The van der Waals surface area contributed by atoms with Crippen molar-refractivity contribution in [3.63, 3.8) is 0 Å². The van der Waals surface area contributed by atoms with E-state index >= 15 is 0 Å². The van der Waals surface area contributed by atoms with Crippen LogP contribution in [0.5, 0.6) is 0 Å². The highest BCUT2D eigenvalue weighted by Gasteiger charge is 2.25. The maximum atomic E-state index is 11.9. The summed E-state index contributed by atoms with van der Waals surface area (Å²) in [7, 11) is -4.32. The van der Waals surface area contributed by atoms with Crippen LogP contribution in [-0.4, -0.2) is 56.5 Å². The number of phosphoric acid groups is 1. The second kappa shape index (κ2) is 17.8. The SMILES string of the molecule is C=C(C)C(=O)OCCCOP(=O)([O-])OCCCC[N+](CCCC)(CCCC)CCCC. The molecule has 0 bridgehead atoms. The Morgan fingerprint density at radius 1 is 0.806 bits per heavy atom. The number of phosphoric ester groups is 1. The van der Waals surface area contributed by atoms with Gasteiger partial charge in [-0.25, -0.2) is 4.79 Å². The van der Waals surface area contributed by atoms with Crippen molar-refractivity contribution in [2.24, 2.45) is 0 Å². The molecule has 0 aliphatic heterocycles. The van der Waals surface area contributed by atoms with Gasteiger partial charge in [0.25, 0.3) is 7.82 Å². The van der Waals surface area contributed by atoms with Crippen LogP contribution in [-0.2, 0) is 23.1 Å². The molecular weight excluding hydrogens is 417 g/mol. The van der Waals surface area contributed by atoms with E-state index in [0.717, 1.165) is 17.4 Å². The smallest absolute Gasteiger partial charge is 0.333 e. The molecule has 0 rings (SSSR count). The van der Waals surface area contributed by atoms with Gasteiger partial charge >= 0.3 is 5.97 Å². The van der Waals surface area contributed by atoms with Crippen LogP contribution in [0.25, 0.3) is 0 Å². The van der Waals surface area contributed by atoms with Crippen molar-refractivity contribution in [3.8, 4) is 0 Å². The Balaban J connectivity index is 4.28. The Bertz CT molecular complexity index is 518. The maximum Gasteiger partial charge on any atom is 0.333 e. The Hall–Kier alpha value is -0.720. The molecule has 0 fully saturated rings. The summed E-state index contributed by atoms with van der Waals surface area (Å²) in [6.07, 6.45) is 9.20. The normalized spacial score (nSPS) is 13.7. The summed E-state index contributed by atoms with van der Waals surface area (Å²) >= 11 is 0. The molecule has 31 heavy (non-hydrogen) atoms. The molecule has 1 unspecified atom stereocenters. The molecule has 0 aliphatic carbocycles. The second-order valence-electron chi connectivity index (χ2n) is 8.39. The van der Waals surface area contributed by atoms with Gasteiger partial charge in [0.05, 0.1) is 46.0 Å². The van der Waals surface area contributed by atoms with Crippen molar-refractivity contribution in [2.45, 2.75) is 85.5 Å². The number of hydrogen-bond acceptors (Lipinski definition) is 6. The van der Waals surface area contributed by atoms with E-state index in [0.29, 0.717) is 12.0 Å². The van der Waals surface area contributed by atoms with Gasteiger partial charge in [-0.1, -0.05) is 46.6 Å². The van der Waals surface area contributed by atoms with E-state index in [1.165, 1.54) is 58.2 Å². The molecule has 0 aromatic heterocycles. The summed E-state index contributed by atoms with van der Waals surface area (Å²) in [5, 5.41) is 0. The lowest BCUT2D eigenvalue weighted by molar-refractivity contribution is -0.929. The monoisotopic (exact) mass is 463 g/mol. The number of quaternary nitrogens is 1. The van der Waals surface area contributed by atoms with Crippen molar-refractivity contribution in [1.82, 2.24) is 0 Å². The van der Waals surface area contributed by atoms with E-state index in [1.54, 1.807) is 6.92 Å². The summed E-state index contributed by atoms with van der Waals surface area (Å²) in [5.41, 5.74) is 0.306. The summed E-state index contributed by atoms with van der Waals surface area (Å²) in [5.74, 6) is -0.493. The molecule has 0 spiro atoms. The van der Waals surface area contributed by atoms with Gasteiger partial charge in [0, 0.05) is 12.0 Å². The van der Waals surface area contributed by atoms with Crippen molar-refractivity contribution in [2.75, 3.05) is 46.0 Å². The maximum absolute atomic E-state index is 11.9. The Morgan fingerprint density at radius 2 is 1.26 bits per heavy atom. The van der Waals surface area contributed by atoms with Gasteiger partial charge in [-0.15, -0.1) is 0 Å². The number of rotatable bonds is 21. The summed E-state index contributed by atoms with van der Waals surface area (Å²) < 4.78 is 27.8. The van der Waals surface area contributed by atoms with Crippen molar-refractivity contribution >= 4 is 13.8 Å². The zero-order chi connectivity index (χ0) is 23.6. The van der Waals surface area contributed by atoms with Crippen molar-refractivity contribution < 1.29 is 32.5 Å². The van der Waals surface area contributed by atoms with E-state index < -0.39 is 13.8 Å². The zero-order valence-corrected chi connectivity index (χ0v) is 21.3. The number of nitrogens with zero attached hydrogens (tertiary/aromatic N) is 1. The Kier molecular flexibility index (Phi) is 17.4. The number of hydrogen-bond donors (Lipinski definition) is 0. The minimum Gasteiger partial charge on any atom is -0.756 e. The minimum absolute atomic E-state index is 0.0741. The number of carbonyl (C=O) groups excluding carboxylic acids is 1. The lowest BCUT2D eigenvalue weighted by Gasteiger charge is -2.39. The fraction of sp³-hybridized carbons (Fsp3) is 0.870. The molecule has 0 amide bonds. The lowest BCUT2D eigenvalue weighted by atomic mass is 10.1. The fourth-order valence-electron chi connectivity index (χ4n) is 3.44. The Morgan fingerprint density at radius 3 is 1.71 bits per heavy atom. The van der Waals surface area contributed by atoms with E-state index in [1.807, 2.05) is 0 Å². The number of carbonyl (C=O) groups is 1. The van der Waals surface area contributed by atoms with Crippen molar-refractivity contribution in [1.29, 1.82) is 0 Å². The van der Waals surface area contributed by atoms with Crippen LogP contribution in [0.4, 0.5) is 0 Å². The molecule has 0 N–H and O–H groups in total. The van der Waals surface area contributed by atoms with E-state index in [-0.39, 0.29) is 26.2 Å². The van der Waals surface area contributed by atoms with Gasteiger partial charge in [-0.3, -0.25) is 4.57 Å². The van der Waals surface area contributed by atoms with Crippen LogP contribution in [0.3, 0.4) is 0 Å².